The van der Waals surface area contributed by atoms with Crippen LogP contribution in [0.1, 0.15) is 27.0 Å². The van der Waals surface area contributed by atoms with Crippen molar-refractivity contribution in [1.82, 2.24) is 0 Å². The normalized spacial score (nSPS) is 11.0. The van der Waals surface area contributed by atoms with Crippen molar-refractivity contribution in [2.24, 2.45) is 0 Å². The minimum absolute atomic E-state index is 0.0855. The molecule has 0 radical (unpaired) electrons. The van der Waals surface area contributed by atoms with Gasteiger partial charge in [0.05, 0.1) is 42.7 Å². The number of allylic oxidation sites excluding steroid dienone is 2. The molecule has 3 aromatic carbocycles. The first-order valence-corrected chi connectivity index (χ1v) is 11.6. The van der Waals surface area contributed by atoms with Crippen LogP contribution in [-0.2, 0) is 6.42 Å². The zero-order valence-corrected chi connectivity index (χ0v) is 22.0. The molecule has 0 saturated heterocycles. The fourth-order valence-corrected chi connectivity index (χ4v) is 3.80. The summed E-state index contributed by atoms with van der Waals surface area (Å²) in [6, 6.07) is 14.6. The smallest absolute Gasteiger partial charge is 0.203 e. The Morgan fingerprint density at radius 1 is 0.676 bits per heavy atom. The van der Waals surface area contributed by atoms with Gasteiger partial charge < -0.3 is 28.4 Å². The van der Waals surface area contributed by atoms with Gasteiger partial charge in [0.1, 0.15) is 5.75 Å². The summed E-state index contributed by atoms with van der Waals surface area (Å²) >= 11 is 0. The first kappa shape index (κ1) is 27.2. The van der Waals surface area contributed by atoms with E-state index in [4.69, 9.17) is 28.4 Å². The summed E-state index contributed by atoms with van der Waals surface area (Å²) in [5.74, 6) is 3.49. The summed E-state index contributed by atoms with van der Waals surface area (Å²) in [5, 5.41) is 0. The van der Waals surface area contributed by atoms with Crippen LogP contribution in [0, 0.1) is 0 Å². The maximum Gasteiger partial charge on any atom is 0.203 e. The molecule has 0 aliphatic carbocycles. The highest BCUT2D eigenvalue weighted by atomic mass is 16.5. The Morgan fingerprint density at radius 2 is 1.27 bits per heavy atom. The molecule has 0 bridgehead atoms. The van der Waals surface area contributed by atoms with Gasteiger partial charge in [-0.3, -0.25) is 4.79 Å². The van der Waals surface area contributed by atoms with Crippen LogP contribution in [0.4, 0.5) is 0 Å². The Labute approximate surface area is 217 Å². The molecule has 0 aliphatic rings. The molecule has 194 valence electrons. The quantitative estimate of drug-likeness (QED) is 0.173. The number of ketones is 1. The lowest BCUT2D eigenvalue weighted by atomic mass is 10.0. The minimum Gasteiger partial charge on any atom is -0.497 e. The Morgan fingerprint density at radius 3 is 1.81 bits per heavy atom. The average molecular weight is 505 g/mol. The van der Waals surface area contributed by atoms with E-state index >= 15 is 0 Å². The maximum atomic E-state index is 12.6. The molecule has 0 atom stereocenters. The molecule has 0 N–H and O–H groups in total. The van der Waals surface area contributed by atoms with E-state index in [0.29, 0.717) is 46.5 Å². The third kappa shape index (κ3) is 6.64. The molecule has 7 heteroatoms. The van der Waals surface area contributed by atoms with Crippen LogP contribution in [0.2, 0.25) is 0 Å². The van der Waals surface area contributed by atoms with Gasteiger partial charge in [0.15, 0.2) is 28.8 Å². The molecule has 37 heavy (non-hydrogen) atoms. The molecule has 0 spiro atoms. The summed E-state index contributed by atoms with van der Waals surface area (Å²) in [5.41, 5.74) is 3.32. The highest BCUT2D eigenvalue weighted by Crippen LogP contribution is 2.39. The fourth-order valence-electron chi connectivity index (χ4n) is 3.80. The molecule has 3 rings (SSSR count). The maximum absolute atomic E-state index is 12.6. The second-order valence-corrected chi connectivity index (χ2v) is 7.90. The number of benzene rings is 3. The van der Waals surface area contributed by atoms with E-state index < -0.39 is 0 Å². The van der Waals surface area contributed by atoms with E-state index in [1.807, 2.05) is 42.5 Å². The molecule has 0 heterocycles. The standard InChI is InChI=1S/C30H32O7/c1-32-24-14-12-21(13-15-24)25(31)9-7-8-22-18-26(33-2)27(34-3)19-23(22)11-10-20-16-28(35-4)30(37-6)29(17-20)36-5/h7,9-19H,8H2,1-6H3/b9-7-,11-10-. The van der Waals surface area contributed by atoms with Crippen LogP contribution in [0.3, 0.4) is 0 Å². The topological polar surface area (TPSA) is 72.5 Å². The first-order valence-electron chi connectivity index (χ1n) is 11.6. The number of carbonyl (C=O) groups excluding carboxylic acids is 1. The van der Waals surface area contributed by atoms with Gasteiger partial charge in [-0.25, -0.2) is 0 Å². The number of rotatable bonds is 12. The molecular weight excluding hydrogens is 472 g/mol. The predicted octanol–water partition coefficient (Wildman–Crippen LogP) is 5.89. The van der Waals surface area contributed by atoms with Crippen molar-refractivity contribution >= 4 is 17.9 Å². The highest BCUT2D eigenvalue weighted by Gasteiger charge is 2.13. The molecule has 0 amide bonds. The Kier molecular flexibility index (Phi) is 9.61. The van der Waals surface area contributed by atoms with Gasteiger partial charge in [-0.15, -0.1) is 0 Å². The summed E-state index contributed by atoms with van der Waals surface area (Å²) in [7, 11) is 9.51. The highest BCUT2D eigenvalue weighted by molar-refractivity contribution is 6.04. The first-order chi connectivity index (χ1) is 18.0. The number of ether oxygens (including phenoxy) is 6. The molecule has 0 unspecified atom stereocenters. The van der Waals surface area contributed by atoms with E-state index in [1.165, 1.54) is 0 Å². The van der Waals surface area contributed by atoms with Crippen molar-refractivity contribution in [3.8, 4) is 34.5 Å². The summed E-state index contributed by atoms with van der Waals surface area (Å²) < 4.78 is 32.5. The van der Waals surface area contributed by atoms with Crippen LogP contribution >= 0.6 is 0 Å². The van der Waals surface area contributed by atoms with E-state index in [-0.39, 0.29) is 5.78 Å². The average Bonchev–Trinajstić information content (AvgIpc) is 2.95. The summed E-state index contributed by atoms with van der Waals surface area (Å²) in [6.07, 6.45) is 7.84. The zero-order chi connectivity index (χ0) is 26.8. The molecule has 3 aromatic rings. The second-order valence-electron chi connectivity index (χ2n) is 7.90. The van der Waals surface area contributed by atoms with Crippen molar-refractivity contribution in [1.29, 1.82) is 0 Å². The Balaban J connectivity index is 1.91. The summed E-state index contributed by atoms with van der Waals surface area (Å²) in [4.78, 5) is 12.6. The van der Waals surface area contributed by atoms with Crippen molar-refractivity contribution in [3.63, 3.8) is 0 Å². The molecule has 0 saturated carbocycles. The number of hydrogen-bond acceptors (Lipinski definition) is 7. The van der Waals surface area contributed by atoms with Crippen molar-refractivity contribution in [3.05, 3.63) is 82.9 Å². The van der Waals surface area contributed by atoms with Crippen LogP contribution in [-0.4, -0.2) is 48.4 Å². The van der Waals surface area contributed by atoms with Crippen molar-refractivity contribution in [2.75, 3.05) is 42.7 Å². The van der Waals surface area contributed by atoms with Gasteiger partial charge in [-0.05, 0) is 77.7 Å². The van der Waals surface area contributed by atoms with Crippen molar-refractivity contribution in [2.45, 2.75) is 6.42 Å². The molecule has 0 aliphatic heterocycles. The lowest BCUT2D eigenvalue weighted by molar-refractivity contribution is 0.104. The van der Waals surface area contributed by atoms with Crippen molar-refractivity contribution < 1.29 is 33.2 Å². The fraction of sp³-hybridized carbons (Fsp3) is 0.233. The van der Waals surface area contributed by atoms with E-state index in [2.05, 4.69) is 0 Å². The predicted molar refractivity (Wildman–Crippen MR) is 145 cm³/mol. The van der Waals surface area contributed by atoms with Gasteiger partial charge in [-0.1, -0.05) is 18.2 Å². The number of carbonyl (C=O) groups is 1. The van der Waals surface area contributed by atoms with Gasteiger partial charge in [0.25, 0.3) is 0 Å². The monoisotopic (exact) mass is 504 g/mol. The molecular formula is C30H32O7. The second kappa shape index (κ2) is 13.1. The van der Waals surface area contributed by atoms with E-state index in [0.717, 1.165) is 16.7 Å². The van der Waals surface area contributed by atoms with Gasteiger partial charge >= 0.3 is 0 Å². The van der Waals surface area contributed by atoms with Crippen LogP contribution in [0.5, 0.6) is 34.5 Å². The molecule has 0 aromatic heterocycles. The van der Waals surface area contributed by atoms with E-state index in [9.17, 15) is 4.79 Å². The molecule has 7 nitrogen and oxygen atoms in total. The Bertz CT molecular complexity index is 1250. The number of hydrogen-bond donors (Lipinski definition) is 0. The third-order valence-corrected chi connectivity index (χ3v) is 5.77. The van der Waals surface area contributed by atoms with E-state index in [1.54, 1.807) is 73.0 Å². The largest absolute Gasteiger partial charge is 0.497 e. The van der Waals surface area contributed by atoms with Gasteiger partial charge in [-0.2, -0.15) is 0 Å². The summed E-state index contributed by atoms with van der Waals surface area (Å²) in [6.45, 7) is 0. The van der Waals surface area contributed by atoms with Crippen LogP contribution in [0.15, 0.2) is 60.7 Å². The Hall–Kier alpha value is -4.39. The lowest BCUT2D eigenvalue weighted by Gasteiger charge is -2.14. The minimum atomic E-state index is -0.0855. The SMILES string of the molecule is COc1ccc(C(=O)/C=C\Cc2cc(OC)c(OC)cc2/C=C\c2cc(OC)c(OC)c(OC)c2)cc1. The third-order valence-electron chi connectivity index (χ3n) is 5.77. The lowest BCUT2D eigenvalue weighted by Crippen LogP contribution is -1.97. The molecule has 0 fully saturated rings. The number of methoxy groups -OCH3 is 6. The van der Waals surface area contributed by atoms with Gasteiger partial charge in [0.2, 0.25) is 5.75 Å². The van der Waals surface area contributed by atoms with Crippen LogP contribution in [0.25, 0.3) is 12.2 Å². The van der Waals surface area contributed by atoms with Gasteiger partial charge in [0, 0.05) is 5.56 Å². The van der Waals surface area contributed by atoms with Crippen LogP contribution < -0.4 is 28.4 Å². The zero-order valence-electron chi connectivity index (χ0n) is 22.0.